The van der Waals surface area contributed by atoms with E-state index >= 15 is 0 Å². The highest BCUT2D eigenvalue weighted by Gasteiger charge is 2.20. The molecule has 0 spiro atoms. The minimum absolute atomic E-state index is 0.139. The number of carboxylic acids is 1. The number of carbonyl (C=O) groups excluding carboxylic acids is 1. The third-order valence-corrected chi connectivity index (χ3v) is 6.89. The van der Waals surface area contributed by atoms with Crippen molar-refractivity contribution in [1.82, 2.24) is 0 Å². The molecule has 5 nitrogen and oxygen atoms in total. The van der Waals surface area contributed by atoms with Gasteiger partial charge in [0, 0.05) is 12.1 Å². The summed E-state index contributed by atoms with van der Waals surface area (Å²) >= 11 is 0. The number of ether oxygens (including phenoxy) is 1. The van der Waals surface area contributed by atoms with Crippen molar-refractivity contribution in [2.45, 2.75) is 25.9 Å². The fraction of sp³-hybridized carbons (Fsp3) is 0.118. The van der Waals surface area contributed by atoms with E-state index in [9.17, 15) is 14.7 Å². The lowest BCUT2D eigenvalue weighted by molar-refractivity contribution is -0.117. The summed E-state index contributed by atoms with van der Waals surface area (Å²) in [5, 5.41) is 14.9. The van der Waals surface area contributed by atoms with Gasteiger partial charge in [-0.05, 0) is 64.2 Å². The maximum Gasteiger partial charge on any atom is 0.335 e. The molecule has 0 radical (unpaired) electrons. The Morgan fingerprint density at radius 3 is 2.33 bits per heavy atom. The molecule has 0 heterocycles. The molecule has 2 N–H and O–H groups in total. The molecule has 0 aromatic heterocycles. The number of rotatable bonds is 9. The van der Waals surface area contributed by atoms with Crippen LogP contribution < -0.4 is 10.1 Å². The van der Waals surface area contributed by atoms with Crippen LogP contribution in [0.5, 0.6) is 5.75 Å². The lowest BCUT2D eigenvalue weighted by Gasteiger charge is -2.18. The van der Waals surface area contributed by atoms with Gasteiger partial charge in [0.1, 0.15) is 12.4 Å². The van der Waals surface area contributed by atoms with Crippen LogP contribution in [0, 0.1) is 0 Å². The summed E-state index contributed by atoms with van der Waals surface area (Å²) < 4.78 is 5.94. The van der Waals surface area contributed by atoms with Gasteiger partial charge in [-0.1, -0.05) is 91.0 Å². The van der Waals surface area contributed by atoms with Gasteiger partial charge in [0.05, 0.1) is 11.5 Å². The largest absolute Gasteiger partial charge is 0.489 e. The van der Waals surface area contributed by atoms with Crippen LogP contribution in [0.4, 0.5) is 5.69 Å². The van der Waals surface area contributed by atoms with Gasteiger partial charge in [0.25, 0.3) is 0 Å². The summed E-state index contributed by atoms with van der Waals surface area (Å²) in [5.41, 5.74) is 4.23. The quantitative estimate of drug-likeness (QED) is 0.214. The Balaban J connectivity index is 1.45. The monoisotopic (exact) mass is 515 g/mol. The first kappa shape index (κ1) is 25.7. The number of carbonyl (C=O) groups is 2. The molecule has 0 fully saturated rings. The average molecular weight is 516 g/mol. The lowest BCUT2D eigenvalue weighted by atomic mass is 9.93. The molecule has 5 aromatic carbocycles. The van der Waals surface area contributed by atoms with Gasteiger partial charge in [0.2, 0.25) is 5.91 Å². The lowest BCUT2D eigenvalue weighted by Crippen LogP contribution is -2.20. The summed E-state index contributed by atoms with van der Waals surface area (Å²) in [6.07, 6.45) is 0.362. The van der Waals surface area contributed by atoms with Crippen molar-refractivity contribution in [1.29, 1.82) is 0 Å². The molecule has 0 saturated carbocycles. The smallest absolute Gasteiger partial charge is 0.335 e. The number of hydrogen-bond acceptors (Lipinski definition) is 3. The van der Waals surface area contributed by atoms with E-state index in [1.807, 2.05) is 104 Å². The fourth-order valence-corrected chi connectivity index (χ4v) is 4.77. The van der Waals surface area contributed by atoms with Crippen molar-refractivity contribution >= 4 is 28.3 Å². The number of benzene rings is 5. The SMILES string of the molecule is CC(C(=O)Nc1cc(COc2ccccc2)ccc1Cc1ccccc1C(=O)O)c1cccc2ccccc12. The van der Waals surface area contributed by atoms with Crippen LogP contribution in [-0.2, 0) is 17.8 Å². The van der Waals surface area contributed by atoms with Crippen LogP contribution in [0.1, 0.15) is 45.5 Å². The maximum atomic E-state index is 13.6. The van der Waals surface area contributed by atoms with Crippen molar-refractivity contribution in [3.8, 4) is 5.75 Å². The molecule has 0 aliphatic rings. The molecule has 194 valence electrons. The molecule has 0 bridgehead atoms. The Bertz CT molecular complexity index is 1620. The Labute approximate surface area is 227 Å². The summed E-state index contributed by atoms with van der Waals surface area (Å²) in [6, 6.07) is 36.3. The zero-order valence-corrected chi connectivity index (χ0v) is 21.6. The second-order valence-corrected chi connectivity index (χ2v) is 9.51. The minimum atomic E-state index is -0.978. The molecule has 0 saturated heterocycles. The van der Waals surface area contributed by atoms with Crippen LogP contribution in [0.25, 0.3) is 10.8 Å². The topological polar surface area (TPSA) is 75.6 Å². The Morgan fingerprint density at radius 1 is 0.795 bits per heavy atom. The summed E-state index contributed by atoms with van der Waals surface area (Å²) in [5.74, 6) is -0.763. The first-order valence-electron chi connectivity index (χ1n) is 12.9. The van der Waals surface area contributed by atoms with Gasteiger partial charge in [-0.3, -0.25) is 4.79 Å². The molecule has 1 atom stereocenters. The van der Waals surface area contributed by atoms with Crippen molar-refractivity contribution in [3.63, 3.8) is 0 Å². The van der Waals surface area contributed by atoms with Crippen LogP contribution in [0.3, 0.4) is 0 Å². The molecule has 0 aliphatic heterocycles. The highest BCUT2D eigenvalue weighted by molar-refractivity contribution is 6.00. The van der Waals surface area contributed by atoms with E-state index in [4.69, 9.17) is 4.74 Å². The number of hydrogen-bond donors (Lipinski definition) is 2. The van der Waals surface area contributed by atoms with Crippen LogP contribution in [0.2, 0.25) is 0 Å². The maximum absolute atomic E-state index is 13.6. The predicted octanol–water partition coefficient (Wildman–Crippen LogP) is 7.45. The molecule has 5 rings (SSSR count). The van der Waals surface area contributed by atoms with Crippen molar-refractivity contribution < 1.29 is 19.4 Å². The second-order valence-electron chi connectivity index (χ2n) is 9.51. The van der Waals surface area contributed by atoms with E-state index in [0.717, 1.165) is 33.2 Å². The van der Waals surface area contributed by atoms with Gasteiger partial charge in [-0.25, -0.2) is 4.79 Å². The molecule has 0 aliphatic carbocycles. The third kappa shape index (κ3) is 5.99. The zero-order chi connectivity index (χ0) is 27.2. The fourth-order valence-electron chi connectivity index (χ4n) is 4.77. The van der Waals surface area contributed by atoms with Crippen molar-refractivity contribution in [3.05, 3.63) is 143 Å². The van der Waals surface area contributed by atoms with Gasteiger partial charge in [-0.2, -0.15) is 0 Å². The molecular weight excluding hydrogens is 486 g/mol. The zero-order valence-electron chi connectivity index (χ0n) is 21.6. The number of para-hydroxylation sites is 1. The summed E-state index contributed by atoms with van der Waals surface area (Å²) in [6.45, 7) is 2.23. The summed E-state index contributed by atoms with van der Waals surface area (Å²) in [4.78, 5) is 25.4. The molecule has 39 heavy (non-hydrogen) atoms. The average Bonchev–Trinajstić information content (AvgIpc) is 2.97. The van der Waals surface area contributed by atoms with Crippen molar-refractivity contribution in [2.75, 3.05) is 5.32 Å². The van der Waals surface area contributed by atoms with E-state index < -0.39 is 11.9 Å². The number of amides is 1. The molecule has 5 heteroatoms. The predicted molar refractivity (Wildman–Crippen MR) is 154 cm³/mol. The molecule has 1 unspecified atom stereocenters. The van der Waals surface area contributed by atoms with Crippen LogP contribution >= 0.6 is 0 Å². The minimum Gasteiger partial charge on any atom is -0.489 e. The van der Waals surface area contributed by atoms with E-state index in [2.05, 4.69) is 5.32 Å². The first-order valence-corrected chi connectivity index (χ1v) is 12.9. The number of anilines is 1. The number of nitrogens with one attached hydrogen (secondary N) is 1. The van der Waals surface area contributed by atoms with Crippen molar-refractivity contribution in [2.24, 2.45) is 0 Å². The Morgan fingerprint density at radius 2 is 1.51 bits per heavy atom. The van der Waals surface area contributed by atoms with Crippen LogP contribution in [-0.4, -0.2) is 17.0 Å². The number of fused-ring (bicyclic) bond motifs is 1. The highest BCUT2D eigenvalue weighted by Crippen LogP contribution is 2.29. The second kappa shape index (κ2) is 11.7. The highest BCUT2D eigenvalue weighted by atomic mass is 16.5. The van der Waals surface area contributed by atoms with Gasteiger partial charge >= 0.3 is 5.97 Å². The van der Waals surface area contributed by atoms with Gasteiger partial charge in [-0.15, -0.1) is 0 Å². The normalized spacial score (nSPS) is 11.6. The van der Waals surface area contributed by atoms with Gasteiger partial charge in [0.15, 0.2) is 0 Å². The summed E-state index contributed by atoms with van der Waals surface area (Å²) in [7, 11) is 0. The number of aromatic carboxylic acids is 1. The molecule has 5 aromatic rings. The van der Waals surface area contributed by atoms with E-state index in [1.54, 1.807) is 18.2 Å². The first-order chi connectivity index (χ1) is 19.0. The van der Waals surface area contributed by atoms with E-state index in [1.165, 1.54) is 0 Å². The standard InChI is InChI=1S/C34H29NO4/c1-23(29-17-9-12-25-10-5-7-15-30(25)29)33(36)35-32-20-24(22-39-28-13-3-2-4-14-28)18-19-27(32)21-26-11-6-8-16-31(26)34(37)38/h2-20,23H,21-22H2,1H3,(H,35,36)(H,37,38). The third-order valence-electron chi connectivity index (χ3n) is 6.89. The Kier molecular flexibility index (Phi) is 7.69. The van der Waals surface area contributed by atoms with E-state index in [0.29, 0.717) is 24.3 Å². The molecular formula is C34H29NO4. The van der Waals surface area contributed by atoms with Gasteiger partial charge < -0.3 is 15.2 Å². The van der Waals surface area contributed by atoms with E-state index in [-0.39, 0.29) is 11.5 Å². The number of carboxylic acid groups (broad SMARTS) is 1. The van der Waals surface area contributed by atoms with Crippen LogP contribution in [0.15, 0.2) is 115 Å². The molecule has 1 amide bonds. The Hall–Kier alpha value is -4.90.